The molecule has 0 radical (unpaired) electrons. The zero-order valence-electron chi connectivity index (χ0n) is 11.1. The van der Waals surface area contributed by atoms with E-state index in [4.69, 9.17) is 9.72 Å². The second kappa shape index (κ2) is 7.29. The Kier molecular flexibility index (Phi) is 6.33. The first-order valence-corrected chi connectivity index (χ1v) is 6.38. The van der Waals surface area contributed by atoms with Crippen LogP contribution in [0.2, 0.25) is 0 Å². The standard InChI is InChI=1S/C13H19N3O.2ClH/c1-10-8-14-9-11-2-3-12(15-13(10)11)16-4-6-17-7-5-16;;/h2-3,10,14H,4-9H2,1H3;2*1H. The lowest BCUT2D eigenvalue weighted by Gasteiger charge is -2.30. The molecular weight excluding hydrogens is 285 g/mol. The maximum atomic E-state index is 5.38. The molecule has 3 heterocycles. The van der Waals surface area contributed by atoms with Crippen LogP contribution in [0.5, 0.6) is 0 Å². The topological polar surface area (TPSA) is 37.4 Å². The lowest BCUT2D eigenvalue weighted by molar-refractivity contribution is 0.122. The van der Waals surface area contributed by atoms with Crippen molar-refractivity contribution in [2.24, 2.45) is 0 Å². The largest absolute Gasteiger partial charge is 0.378 e. The number of fused-ring (bicyclic) bond motifs is 1. The molecule has 1 unspecified atom stereocenters. The molecule has 3 rings (SSSR count). The number of rotatable bonds is 1. The Labute approximate surface area is 126 Å². The van der Waals surface area contributed by atoms with Gasteiger partial charge in [0.2, 0.25) is 0 Å². The number of morpholine rings is 1. The minimum atomic E-state index is 0. The highest BCUT2D eigenvalue weighted by Gasteiger charge is 2.20. The number of halogens is 2. The summed E-state index contributed by atoms with van der Waals surface area (Å²) in [5, 5.41) is 3.42. The molecule has 1 saturated heterocycles. The minimum Gasteiger partial charge on any atom is -0.378 e. The maximum Gasteiger partial charge on any atom is 0.128 e. The predicted octanol–water partition coefficient (Wildman–Crippen LogP) is 1.97. The minimum absolute atomic E-state index is 0. The van der Waals surface area contributed by atoms with Gasteiger partial charge in [0.25, 0.3) is 0 Å². The zero-order valence-corrected chi connectivity index (χ0v) is 12.7. The van der Waals surface area contributed by atoms with Crippen molar-refractivity contribution in [1.82, 2.24) is 10.3 Å². The second-order valence-electron chi connectivity index (χ2n) is 4.85. The molecule has 0 saturated carbocycles. The van der Waals surface area contributed by atoms with Crippen molar-refractivity contribution in [1.29, 1.82) is 0 Å². The van der Waals surface area contributed by atoms with E-state index in [1.54, 1.807) is 0 Å². The molecule has 0 aliphatic carbocycles. The van der Waals surface area contributed by atoms with Crippen molar-refractivity contribution in [3.05, 3.63) is 23.4 Å². The fourth-order valence-corrected chi connectivity index (χ4v) is 2.56. The van der Waals surface area contributed by atoms with E-state index in [-0.39, 0.29) is 24.8 Å². The van der Waals surface area contributed by atoms with Crippen LogP contribution in [0.15, 0.2) is 12.1 Å². The molecule has 1 fully saturated rings. The summed E-state index contributed by atoms with van der Waals surface area (Å²) < 4.78 is 5.38. The molecule has 0 amide bonds. The third kappa shape index (κ3) is 3.51. The van der Waals surface area contributed by atoms with E-state index in [1.165, 1.54) is 11.3 Å². The second-order valence-corrected chi connectivity index (χ2v) is 4.85. The van der Waals surface area contributed by atoms with Gasteiger partial charge in [0.05, 0.1) is 18.9 Å². The van der Waals surface area contributed by atoms with Crippen molar-refractivity contribution < 1.29 is 4.74 Å². The molecule has 2 aliphatic rings. The van der Waals surface area contributed by atoms with E-state index in [2.05, 4.69) is 29.3 Å². The highest BCUT2D eigenvalue weighted by atomic mass is 35.5. The fraction of sp³-hybridized carbons (Fsp3) is 0.615. The summed E-state index contributed by atoms with van der Waals surface area (Å²) >= 11 is 0. The molecule has 0 spiro atoms. The highest BCUT2D eigenvalue weighted by Crippen LogP contribution is 2.24. The summed E-state index contributed by atoms with van der Waals surface area (Å²) in [6.07, 6.45) is 0. The van der Waals surface area contributed by atoms with E-state index >= 15 is 0 Å². The van der Waals surface area contributed by atoms with Gasteiger partial charge in [-0.05, 0) is 11.6 Å². The molecule has 0 aromatic carbocycles. The van der Waals surface area contributed by atoms with Crippen LogP contribution in [-0.4, -0.2) is 37.8 Å². The maximum absolute atomic E-state index is 5.38. The van der Waals surface area contributed by atoms with Crippen molar-refractivity contribution in [3.63, 3.8) is 0 Å². The third-order valence-corrected chi connectivity index (χ3v) is 3.57. The zero-order chi connectivity index (χ0) is 11.7. The fourth-order valence-electron chi connectivity index (χ4n) is 2.56. The van der Waals surface area contributed by atoms with Gasteiger partial charge in [-0.3, -0.25) is 0 Å². The van der Waals surface area contributed by atoms with Gasteiger partial charge in [0.1, 0.15) is 5.82 Å². The van der Waals surface area contributed by atoms with Crippen LogP contribution in [0.25, 0.3) is 0 Å². The summed E-state index contributed by atoms with van der Waals surface area (Å²) in [5.41, 5.74) is 2.62. The summed E-state index contributed by atoms with van der Waals surface area (Å²) in [4.78, 5) is 7.17. The number of hydrogen-bond donors (Lipinski definition) is 1. The van der Waals surface area contributed by atoms with Crippen molar-refractivity contribution in [2.45, 2.75) is 19.4 Å². The van der Waals surface area contributed by atoms with Gasteiger partial charge in [0, 0.05) is 32.1 Å². The number of nitrogens with one attached hydrogen (secondary N) is 1. The van der Waals surface area contributed by atoms with Crippen LogP contribution < -0.4 is 10.2 Å². The highest BCUT2D eigenvalue weighted by molar-refractivity contribution is 5.85. The molecule has 0 bridgehead atoms. The first kappa shape index (κ1) is 16.5. The number of nitrogens with zero attached hydrogens (tertiary/aromatic N) is 2. The van der Waals surface area contributed by atoms with Crippen molar-refractivity contribution >= 4 is 30.6 Å². The van der Waals surface area contributed by atoms with Gasteiger partial charge in [-0.15, -0.1) is 24.8 Å². The van der Waals surface area contributed by atoms with Crippen LogP contribution in [0.3, 0.4) is 0 Å². The van der Waals surface area contributed by atoms with E-state index < -0.39 is 0 Å². The van der Waals surface area contributed by atoms with Gasteiger partial charge in [-0.2, -0.15) is 0 Å². The monoisotopic (exact) mass is 305 g/mol. The van der Waals surface area contributed by atoms with Crippen molar-refractivity contribution in [2.75, 3.05) is 37.7 Å². The Balaban J connectivity index is 0.000000902. The molecule has 1 aromatic heterocycles. The Bertz CT molecular complexity index is 411. The normalized spacial score (nSPS) is 21.9. The van der Waals surface area contributed by atoms with E-state index in [0.717, 1.165) is 45.2 Å². The third-order valence-electron chi connectivity index (χ3n) is 3.57. The molecule has 108 valence electrons. The molecule has 1 aromatic rings. The van der Waals surface area contributed by atoms with Crippen LogP contribution in [-0.2, 0) is 11.3 Å². The van der Waals surface area contributed by atoms with Gasteiger partial charge in [-0.25, -0.2) is 4.98 Å². The predicted molar refractivity (Wildman–Crippen MR) is 81.9 cm³/mol. The molecule has 19 heavy (non-hydrogen) atoms. The quantitative estimate of drug-likeness (QED) is 0.861. The van der Waals surface area contributed by atoms with Gasteiger partial charge in [0.15, 0.2) is 0 Å². The average molecular weight is 306 g/mol. The molecule has 6 heteroatoms. The molecule has 2 aliphatic heterocycles. The van der Waals surface area contributed by atoms with Crippen LogP contribution in [0, 0.1) is 0 Å². The first-order chi connectivity index (χ1) is 8.34. The van der Waals surface area contributed by atoms with E-state index in [1.807, 2.05) is 0 Å². The first-order valence-electron chi connectivity index (χ1n) is 6.38. The van der Waals surface area contributed by atoms with Crippen LogP contribution in [0.1, 0.15) is 24.1 Å². The summed E-state index contributed by atoms with van der Waals surface area (Å²) in [7, 11) is 0. The Morgan fingerprint density at radius 2 is 2.00 bits per heavy atom. The van der Waals surface area contributed by atoms with Crippen LogP contribution >= 0.6 is 24.8 Å². The molecule has 4 nitrogen and oxygen atoms in total. The lowest BCUT2D eigenvalue weighted by Crippen LogP contribution is -2.37. The molecule has 1 atom stereocenters. The molecular formula is C13H21Cl2N3O. The lowest BCUT2D eigenvalue weighted by atomic mass is 9.98. The Morgan fingerprint density at radius 3 is 2.74 bits per heavy atom. The summed E-state index contributed by atoms with van der Waals surface area (Å²) in [6, 6.07) is 4.36. The number of ether oxygens (including phenoxy) is 1. The van der Waals surface area contributed by atoms with Gasteiger partial charge < -0.3 is 15.0 Å². The van der Waals surface area contributed by atoms with Crippen molar-refractivity contribution in [3.8, 4) is 0 Å². The summed E-state index contributed by atoms with van der Waals surface area (Å²) in [6.45, 7) is 7.77. The number of pyridine rings is 1. The van der Waals surface area contributed by atoms with Crippen LogP contribution in [0.4, 0.5) is 5.82 Å². The Hall–Kier alpha value is -0.550. The Morgan fingerprint density at radius 1 is 1.26 bits per heavy atom. The smallest absolute Gasteiger partial charge is 0.128 e. The average Bonchev–Trinajstić information content (AvgIpc) is 2.40. The SMILES string of the molecule is CC1CNCc2ccc(N3CCOCC3)nc21.Cl.Cl. The van der Waals surface area contributed by atoms with E-state index in [0.29, 0.717) is 5.92 Å². The van der Waals surface area contributed by atoms with E-state index in [9.17, 15) is 0 Å². The summed E-state index contributed by atoms with van der Waals surface area (Å²) in [5.74, 6) is 1.63. The molecule has 1 N–H and O–H groups in total. The van der Waals surface area contributed by atoms with Gasteiger partial charge >= 0.3 is 0 Å². The number of hydrogen-bond acceptors (Lipinski definition) is 4. The number of aromatic nitrogens is 1. The number of anilines is 1. The van der Waals surface area contributed by atoms with Gasteiger partial charge in [-0.1, -0.05) is 13.0 Å².